The van der Waals surface area contributed by atoms with Gasteiger partial charge < -0.3 is 0 Å². The van der Waals surface area contributed by atoms with E-state index >= 15 is 0 Å². The molecule has 0 aliphatic heterocycles. The van der Waals surface area contributed by atoms with Gasteiger partial charge in [0.25, 0.3) is 0 Å². The predicted molar refractivity (Wildman–Crippen MR) is 96.5 cm³/mol. The van der Waals surface area contributed by atoms with Gasteiger partial charge in [0.05, 0.1) is 0 Å². The molecule has 0 nitrogen and oxygen atoms in total. The van der Waals surface area contributed by atoms with Gasteiger partial charge in [0.2, 0.25) is 0 Å². The van der Waals surface area contributed by atoms with Crippen LogP contribution in [0.1, 0.15) is 11.1 Å². The lowest BCUT2D eigenvalue weighted by atomic mass is 10.2. The molecule has 2 rings (SSSR count). The summed E-state index contributed by atoms with van der Waals surface area (Å²) in [5.41, 5.74) is 2.10. The minimum atomic E-state index is 0.724. The number of benzene rings is 2. The molecule has 0 unspecified atom stereocenters. The highest BCUT2D eigenvalue weighted by molar-refractivity contribution is 6.30. The fraction of sp³-hybridized carbons (Fsp3) is 0. The largest absolute Gasteiger partial charge is 0.0843 e. The predicted octanol–water partition coefficient (Wildman–Crippen LogP) is 5.73. The van der Waals surface area contributed by atoms with Crippen LogP contribution in [0.2, 0.25) is 10.0 Å². The van der Waals surface area contributed by atoms with E-state index in [0.717, 1.165) is 21.2 Å². The van der Waals surface area contributed by atoms with Crippen LogP contribution in [-0.4, -0.2) is 0 Å². The van der Waals surface area contributed by atoms with Gasteiger partial charge in [-0.2, -0.15) is 0 Å². The minimum Gasteiger partial charge on any atom is -0.0843 e. The first-order chi connectivity index (χ1) is 10.7. The zero-order valence-corrected chi connectivity index (χ0v) is 13.2. The van der Waals surface area contributed by atoms with E-state index in [0.29, 0.717) is 0 Å². The molecule has 2 aromatic rings. The zero-order valence-electron chi connectivity index (χ0n) is 11.7. The Hall–Kier alpha value is -2.38. The molecule has 0 aromatic heterocycles. The number of allylic oxidation sites excluding steroid dienone is 2. The molecule has 22 heavy (non-hydrogen) atoms. The first-order valence-corrected chi connectivity index (χ1v) is 7.35. The molecule has 0 N–H and O–H groups in total. The summed E-state index contributed by atoms with van der Waals surface area (Å²) in [5, 5.41) is 1.45. The fourth-order valence-corrected chi connectivity index (χ4v) is 1.83. The summed E-state index contributed by atoms with van der Waals surface area (Å²) < 4.78 is 0. The highest BCUT2D eigenvalue weighted by Crippen LogP contribution is 2.11. The van der Waals surface area contributed by atoms with Gasteiger partial charge in [-0.3, -0.25) is 0 Å². The number of hydrogen-bond donors (Lipinski definition) is 0. The van der Waals surface area contributed by atoms with Crippen LogP contribution in [-0.2, 0) is 0 Å². The first-order valence-electron chi connectivity index (χ1n) is 6.59. The van der Waals surface area contributed by atoms with Crippen LogP contribution in [0.15, 0.2) is 60.7 Å². The third-order valence-electron chi connectivity index (χ3n) is 2.67. The first kappa shape index (κ1) is 16.0. The Balaban J connectivity index is 1.86. The van der Waals surface area contributed by atoms with Gasteiger partial charge in [-0.05, 0) is 71.5 Å². The van der Waals surface area contributed by atoms with E-state index in [1.807, 2.05) is 60.7 Å². The Bertz CT molecular complexity index is 716. The molecule has 0 saturated carbocycles. The summed E-state index contributed by atoms with van der Waals surface area (Å²) in [4.78, 5) is 0. The van der Waals surface area contributed by atoms with Gasteiger partial charge >= 0.3 is 0 Å². The molecular weight excluding hydrogens is 311 g/mol. The van der Waals surface area contributed by atoms with E-state index in [2.05, 4.69) is 23.7 Å². The van der Waals surface area contributed by atoms with Gasteiger partial charge in [0.1, 0.15) is 0 Å². The summed E-state index contributed by atoms with van der Waals surface area (Å²) in [6, 6.07) is 15.1. The van der Waals surface area contributed by atoms with Gasteiger partial charge in [-0.1, -0.05) is 59.3 Å². The topological polar surface area (TPSA) is 0 Å². The van der Waals surface area contributed by atoms with Gasteiger partial charge in [-0.15, -0.1) is 0 Å². The summed E-state index contributed by atoms with van der Waals surface area (Å²) in [5.74, 6) is 11.3. The Morgan fingerprint density at radius 3 is 1.32 bits per heavy atom. The van der Waals surface area contributed by atoms with Crippen molar-refractivity contribution in [3.05, 3.63) is 81.9 Å². The highest BCUT2D eigenvalue weighted by atomic mass is 35.5. The Kier molecular flexibility index (Phi) is 6.40. The molecule has 0 fully saturated rings. The van der Waals surface area contributed by atoms with Gasteiger partial charge in [-0.25, -0.2) is 0 Å². The van der Waals surface area contributed by atoms with Gasteiger partial charge in [0, 0.05) is 10.0 Å². The van der Waals surface area contributed by atoms with Crippen molar-refractivity contribution < 1.29 is 0 Å². The Morgan fingerprint density at radius 2 is 0.955 bits per heavy atom. The van der Waals surface area contributed by atoms with E-state index in [-0.39, 0.29) is 0 Å². The van der Waals surface area contributed by atoms with Gasteiger partial charge in [0.15, 0.2) is 0 Å². The lowest BCUT2D eigenvalue weighted by Crippen LogP contribution is -1.69. The second-order valence-electron chi connectivity index (χ2n) is 4.31. The van der Waals surface area contributed by atoms with E-state index in [1.165, 1.54) is 0 Å². The third-order valence-corrected chi connectivity index (χ3v) is 3.17. The fourth-order valence-electron chi connectivity index (χ4n) is 1.58. The smallest absolute Gasteiger partial charge is 0.0406 e. The highest BCUT2D eigenvalue weighted by Gasteiger charge is 1.86. The normalized spacial score (nSPS) is 10.1. The quantitative estimate of drug-likeness (QED) is 0.619. The maximum Gasteiger partial charge on any atom is 0.0406 e. The molecule has 0 bridgehead atoms. The molecule has 0 aliphatic rings. The molecule has 0 spiro atoms. The molecule has 0 heterocycles. The van der Waals surface area contributed by atoms with Crippen molar-refractivity contribution in [2.75, 3.05) is 0 Å². The summed E-state index contributed by atoms with van der Waals surface area (Å²) in [6.45, 7) is 0. The molecule has 2 heteroatoms. The zero-order chi connectivity index (χ0) is 15.6. The van der Waals surface area contributed by atoms with Crippen LogP contribution in [0.5, 0.6) is 0 Å². The molecule has 0 saturated heterocycles. The molecule has 2 aromatic carbocycles. The maximum absolute atomic E-state index is 5.81. The third kappa shape index (κ3) is 5.94. The van der Waals surface area contributed by atoms with Crippen LogP contribution in [0.3, 0.4) is 0 Å². The van der Waals surface area contributed by atoms with Crippen molar-refractivity contribution in [2.24, 2.45) is 0 Å². The average molecular weight is 323 g/mol. The van der Waals surface area contributed by atoms with Crippen LogP contribution in [0.25, 0.3) is 12.2 Å². The molecule has 106 valence electrons. The Morgan fingerprint density at radius 1 is 0.591 bits per heavy atom. The molecule has 0 amide bonds. The summed E-state index contributed by atoms with van der Waals surface area (Å²) >= 11 is 11.6. The Labute approximate surface area is 141 Å². The van der Waals surface area contributed by atoms with Crippen LogP contribution < -0.4 is 0 Å². The van der Waals surface area contributed by atoms with E-state index in [9.17, 15) is 0 Å². The average Bonchev–Trinajstić information content (AvgIpc) is 2.53. The second-order valence-corrected chi connectivity index (χ2v) is 5.18. The van der Waals surface area contributed by atoms with Crippen LogP contribution in [0.4, 0.5) is 0 Å². The van der Waals surface area contributed by atoms with Crippen molar-refractivity contribution in [2.45, 2.75) is 0 Å². The number of rotatable bonds is 2. The van der Waals surface area contributed by atoms with Crippen molar-refractivity contribution in [1.29, 1.82) is 0 Å². The van der Waals surface area contributed by atoms with Crippen molar-refractivity contribution >= 4 is 35.4 Å². The lowest BCUT2D eigenvalue weighted by molar-refractivity contribution is 1.66. The molecule has 0 atom stereocenters. The molecule has 0 aliphatic carbocycles. The monoisotopic (exact) mass is 322 g/mol. The summed E-state index contributed by atoms with van der Waals surface area (Å²) in [6.07, 6.45) is 7.35. The van der Waals surface area contributed by atoms with Crippen molar-refractivity contribution in [3.63, 3.8) is 0 Å². The van der Waals surface area contributed by atoms with E-state index in [1.54, 1.807) is 12.2 Å². The standard InChI is InChI=1S/C20H12Cl2/c21-19-13-9-17(10-14-19)7-5-3-1-2-4-6-8-18-11-15-20(22)16-12-18/h5-16H. The van der Waals surface area contributed by atoms with E-state index < -0.39 is 0 Å². The van der Waals surface area contributed by atoms with E-state index in [4.69, 9.17) is 23.2 Å². The number of halogens is 2. The van der Waals surface area contributed by atoms with Crippen LogP contribution >= 0.6 is 23.2 Å². The lowest BCUT2D eigenvalue weighted by Gasteiger charge is -1.90. The second kappa shape index (κ2) is 8.81. The molecule has 0 radical (unpaired) electrons. The summed E-state index contributed by atoms with van der Waals surface area (Å²) in [7, 11) is 0. The SMILES string of the molecule is Clc1ccc(C=CC#CC#CC=Cc2ccc(Cl)cc2)cc1. The maximum atomic E-state index is 5.81. The van der Waals surface area contributed by atoms with Crippen molar-refractivity contribution in [3.8, 4) is 23.7 Å². The van der Waals surface area contributed by atoms with Crippen LogP contribution in [0, 0.1) is 23.7 Å². The molecular formula is C20H12Cl2. The van der Waals surface area contributed by atoms with Crippen molar-refractivity contribution in [1.82, 2.24) is 0 Å². The number of hydrogen-bond acceptors (Lipinski definition) is 0. The minimum absolute atomic E-state index is 0.724.